The van der Waals surface area contributed by atoms with Crippen molar-refractivity contribution in [1.29, 1.82) is 0 Å². The van der Waals surface area contributed by atoms with E-state index in [4.69, 9.17) is 0 Å². The molecule has 0 spiro atoms. The van der Waals surface area contributed by atoms with Crippen molar-refractivity contribution in [1.82, 2.24) is 10.3 Å². The molecule has 1 heterocycles. The first-order valence-electron chi connectivity index (χ1n) is 6.51. The Bertz CT molecular complexity index is 582. The summed E-state index contributed by atoms with van der Waals surface area (Å²) in [6.07, 6.45) is 2.48. The Hall–Kier alpha value is -2.27. The highest BCUT2D eigenvalue weighted by Crippen LogP contribution is 2.17. The molecule has 1 aromatic carbocycles. The smallest absolute Gasteiger partial charge is 0.272 e. The molecule has 5 heteroatoms. The molecular formula is C15H17N3O2. The molecule has 0 fully saturated rings. The third-order valence-electron chi connectivity index (χ3n) is 3.06. The summed E-state index contributed by atoms with van der Waals surface area (Å²) in [6.45, 7) is 3.36. The maximum atomic E-state index is 10.9. The van der Waals surface area contributed by atoms with E-state index in [1.54, 1.807) is 18.2 Å². The molecule has 0 aliphatic heterocycles. The second kappa shape index (κ2) is 6.77. The molecule has 0 atom stereocenters. The lowest BCUT2D eigenvalue weighted by atomic mass is 10.1. The van der Waals surface area contributed by atoms with Gasteiger partial charge >= 0.3 is 0 Å². The molecule has 0 saturated carbocycles. The second-order valence-corrected chi connectivity index (χ2v) is 4.62. The van der Waals surface area contributed by atoms with E-state index in [1.807, 2.05) is 31.3 Å². The van der Waals surface area contributed by atoms with Crippen LogP contribution in [0, 0.1) is 17.0 Å². The zero-order valence-electron chi connectivity index (χ0n) is 11.4. The van der Waals surface area contributed by atoms with E-state index in [9.17, 15) is 10.1 Å². The van der Waals surface area contributed by atoms with Gasteiger partial charge in [0.25, 0.3) is 5.69 Å². The Labute approximate surface area is 117 Å². The molecule has 0 unspecified atom stereocenters. The van der Waals surface area contributed by atoms with Gasteiger partial charge in [-0.3, -0.25) is 15.1 Å². The van der Waals surface area contributed by atoms with Gasteiger partial charge in [0.2, 0.25) is 0 Å². The van der Waals surface area contributed by atoms with Gasteiger partial charge in [-0.15, -0.1) is 0 Å². The number of nitrogens with zero attached hydrogens (tertiary/aromatic N) is 2. The van der Waals surface area contributed by atoms with E-state index in [-0.39, 0.29) is 10.6 Å². The van der Waals surface area contributed by atoms with Gasteiger partial charge in [0.1, 0.15) is 0 Å². The highest BCUT2D eigenvalue weighted by molar-refractivity contribution is 5.39. The Balaban J connectivity index is 1.84. The van der Waals surface area contributed by atoms with Crippen LogP contribution in [0.1, 0.15) is 16.8 Å². The predicted octanol–water partition coefficient (Wildman–Crippen LogP) is 2.63. The van der Waals surface area contributed by atoms with Crippen molar-refractivity contribution in [2.45, 2.75) is 19.9 Å². The fraction of sp³-hybridized carbons (Fsp3) is 0.267. The number of hydrogen-bond donors (Lipinski definition) is 1. The number of para-hydroxylation sites is 1. The minimum atomic E-state index is -0.334. The zero-order valence-corrected chi connectivity index (χ0v) is 11.4. The van der Waals surface area contributed by atoms with Gasteiger partial charge in [-0.1, -0.05) is 24.3 Å². The molecule has 2 rings (SSSR count). The molecule has 104 valence electrons. The number of aromatic nitrogens is 1. The molecule has 1 N–H and O–H groups in total. The number of hydrogen-bond acceptors (Lipinski definition) is 4. The predicted molar refractivity (Wildman–Crippen MR) is 77.5 cm³/mol. The normalized spacial score (nSPS) is 10.4. The number of benzene rings is 1. The topological polar surface area (TPSA) is 68.1 Å². The summed E-state index contributed by atoms with van der Waals surface area (Å²) in [4.78, 5) is 14.8. The molecule has 0 amide bonds. The van der Waals surface area contributed by atoms with Crippen LogP contribution in [0.4, 0.5) is 5.69 Å². The highest BCUT2D eigenvalue weighted by atomic mass is 16.6. The van der Waals surface area contributed by atoms with E-state index in [0.29, 0.717) is 19.5 Å². The van der Waals surface area contributed by atoms with Crippen molar-refractivity contribution in [2.24, 2.45) is 0 Å². The van der Waals surface area contributed by atoms with Crippen molar-refractivity contribution >= 4 is 5.69 Å². The first-order valence-corrected chi connectivity index (χ1v) is 6.51. The number of pyridine rings is 1. The summed E-state index contributed by atoms with van der Waals surface area (Å²) >= 11 is 0. The van der Waals surface area contributed by atoms with Gasteiger partial charge < -0.3 is 5.32 Å². The lowest BCUT2D eigenvalue weighted by molar-refractivity contribution is -0.385. The quantitative estimate of drug-likeness (QED) is 0.498. The summed E-state index contributed by atoms with van der Waals surface area (Å²) in [5.74, 6) is 0. The van der Waals surface area contributed by atoms with Crippen LogP contribution in [0.2, 0.25) is 0 Å². The van der Waals surface area contributed by atoms with Crippen LogP contribution >= 0.6 is 0 Å². The number of nitrogens with one attached hydrogen (secondary N) is 1. The van der Waals surface area contributed by atoms with Crippen LogP contribution in [0.3, 0.4) is 0 Å². The van der Waals surface area contributed by atoms with E-state index in [2.05, 4.69) is 10.3 Å². The molecule has 0 radical (unpaired) electrons. The molecule has 0 bridgehead atoms. The second-order valence-electron chi connectivity index (χ2n) is 4.62. The third kappa shape index (κ3) is 3.86. The molecule has 0 saturated heterocycles. The van der Waals surface area contributed by atoms with E-state index in [1.165, 1.54) is 0 Å². The van der Waals surface area contributed by atoms with Crippen molar-refractivity contribution in [3.05, 3.63) is 69.5 Å². The lowest BCUT2D eigenvalue weighted by Gasteiger charge is -2.06. The fourth-order valence-electron chi connectivity index (χ4n) is 1.96. The first-order chi connectivity index (χ1) is 9.66. The van der Waals surface area contributed by atoms with Crippen LogP contribution in [-0.2, 0) is 13.0 Å². The Morgan fingerprint density at radius 3 is 2.75 bits per heavy atom. The summed E-state index contributed by atoms with van der Waals surface area (Å²) in [6, 6.07) is 10.9. The van der Waals surface area contributed by atoms with Gasteiger partial charge in [0.15, 0.2) is 0 Å². The lowest BCUT2D eigenvalue weighted by Crippen LogP contribution is -2.17. The van der Waals surface area contributed by atoms with Gasteiger partial charge in [-0.05, 0) is 31.5 Å². The standard InChI is InChI=1S/C15H17N3O2/c1-12-6-7-13(11-17-12)10-16-9-8-14-4-2-3-5-15(14)18(19)20/h2-7,11,16H,8-10H2,1H3. The van der Waals surface area contributed by atoms with Crippen LogP contribution in [0.15, 0.2) is 42.6 Å². The Kier molecular flexibility index (Phi) is 4.79. The van der Waals surface area contributed by atoms with Crippen LogP contribution < -0.4 is 5.32 Å². The van der Waals surface area contributed by atoms with E-state index >= 15 is 0 Å². The van der Waals surface area contributed by atoms with Gasteiger partial charge in [-0.2, -0.15) is 0 Å². The highest BCUT2D eigenvalue weighted by Gasteiger charge is 2.11. The van der Waals surface area contributed by atoms with Gasteiger partial charge in [-0.25, -0.2) is 0 Å². The average Bonchev–Trinajstić information content (AvgIpc) is 2.46. The molecule has 0 aliphatic carbocycles. The van der Waals surface area contributed by atoms with Gasteiger partial charge in [0, 0.05) is 30.1 Å². The maximum Gasteiger partial charge on any atom is 0.272 e. The third-order valence-corrected chi connectivity index (χ3v) is 3.06. The molecule has 2 aromatic rings. The number of nitro benzene ring substituents is 1. The van der Waals surface area contributed by atoms with Crippen molar-refractivity contribution < 1.29 is 4.92 Å². The zero-order chi connectivity index (χ0) is 14.4. The van der Waals surface area contributed by atoms with Crippen LogP contribution in [-0.4, -0.2) is 16.5 Å². The fourth-order valence-corrected chi connectivity index (χ4v) is 1.96. The molecular weight excluding hydrogens is 254 g/mol. The largest absolute Gasteiger partial charge is 0.312 e. The summed E-state index contributed by atoms with van der Waals surface area (Å²) in [5, 5.41) is 14.2. The van der Waals surface area contributed by atoms with Crippen molar-refractivity contribution in [3.63, 3.8) is 0 Å². The molecule has 1 aromatic heterocycles. The number of nitro groups is 1. The monoisotopic (exact) mass is 271 g/mol. The number of aryl methyl sites for hydroxylation is 1. The summed E-state index contributed by atoms with van der Waals surface area (Å²) in [7, 11) is 0. The maximum absolute atomic E-state index is 10.9. The van der Waals surface area contributed by atoms with Crippen molar-refractivity contribution in [2.75, 3.05) is 6.54 Å². The minimum absolute atomic E-state index is 0.186. The van der Waals surface area contributed by atoms with E-state index in [0.717, 1.165) is 16.8 Å². The van der Waals surface area contributed by atoms with Gasteiger partial charge in [0.05, 0.1) is 4.92 Å². The minimum Gasteiger partial charge on any atom is -0.312 e. The molecule has 5 nitrogen and oxygen atoms in total. The van der Waals surface area contributed by atoms with E-state index < -0.39 is 0 Å². The number of rotatable bonds is 6. The first kappa shape index (κ1) is 14.1. The summed E-state index contributed by atoms with van der Waals surface area (Å²) < 4.78 is 0. The van der Waals surface area contributed by atoms with Crippen molar-refractivity contribution in [3.8, 4) is 0 Å². The van der Waals surface area contributed by atoms with Crippen LogP contribution in [0.5, 0.6) is 0 Å². The Morgan fingerprint density at radius 2 is 2.05 bits per heavy atom. The SMILES string of the molecule is Cc1ccc(CNCCc2ccccc2[N+](=O)[O-])cn1. The molecule has 20 heavy (non-hydrogen) atoms. The average molecular weight is 271 g/mol. The Morgan fingerprint density at radius 1 is 1.25 bits per heavy atom. The summed E-state index contributed by atoms with van der Waals surface area (Å²) in [5.41, 5.74) is 3.05. The molecule has 0 aliphatic rings. The van der Waals surface area contributed by atoms with Crippen LogP contribution in [0.25, 0.3) is 0 Å².